The first-order valence-corrected chi connectivity index (χ1v) is 6.56. The summed E-state index contributed by atoms with van der Waals surface area (Å²) in [5.41, 5.74) is 3.22. The fourth-order valence-corrected chi connectivity index (χ4v) is 1.99. The van der Waals surface area contributed by atoms with E-state index in [0.29, 0.717) is 10.0 Å². The lowest BCUT2D eigenvalue weighted by atomic mass is 10.1. The Kier molecular flexibility index (Phi) is 4.59. The van der Waals surface area contributed by atoms with Crippen LogP contribution in [0, 0.1) is 0 Å². The zero-order valence-electron chi connectivity index (χ0n) is 10.1. The van der Waals surface area contributed by atoms with E-state index >= 15 is 0 Å². The first kappa shape index (κ1) is 13.3. The Balaban J connectivity index is 2.29. The monoisotopic (exact) mass is 280 g/mol. The van der Waals surface area contributed by atoms with E-state index in [-0.39, 0.29) is 0 Å². The highest BCUT2D eigenvalue weighted by molar-refractivity contribution is 6.42. The van der Waals surface area contributed by atoms with Crippen LogP contribution < -0.4 is 5.32 Å². The lowest BCUT2D eigenvalue weighted by Gasteiger charge is -2.06. The van der Waals surface area contributed by atoms with Crippen molar-refractivity contribution < 1.29 is 0 Å². The maximum absolute atomic E-state index is 6.02. The Morgan fingerprint density at radius 1 is 1.06 bits per heavy atom. The van der Waals surface area contributed by atoms with E-state index in [1.165, 1.54) is 0 Å². The molecule has 0 saturated heterocycles. The van der Waals surface area contributed by atoms with Gasteiger partial charge in [-0.3, -0.25) is 4.98 Å². The Morgan fingerprint density at radius 3 is 2.61 bits per heavy atom. The quantitative estimate of drug-likeness (QED) is 0.910. The van der Waals surface area contributed by atoms with Crippen LogP contribution in [0.25, 0.3) is 11.1 Å². The fourth-order valence-electron chi connectivity index (χ4n) is 1.69. The predicted molar refractivity (Wildman–Crippen MR) is 77.1 cm³/mol. The fraction of sp³-hybridized carbons (Fsp3) is 0.214. The van der Waals surface area contributed by atoms with Crippen LogP contribution in [0.15, 0.2) is 36.7 Å². The van der Waals surface area contributed by atoms with Gasteiger partial charge in [-0.25, -0.2) is 0 Å². The van der Waals surface area contributed by atoms with Crippen molar-refractivity contribution in [2.45, 2.75) is 13.5 Å². The topological polar surface area (TPSA) is 24.9 Å². The Labute approximate surface area is 117 Å². The van der Waals surface area contributed by atoms with Gasteiger partial charge in [-0.05, 0) is 35.9 Å². The molecule has 0 bridgehead atoms. The highest BCUT2D eigenvalue weighted by Crippen LogP contribution is 2.28. The SMILES string of the molecule is CCNCc1cncc(-c2ccc(Cl)c(Cl)c2)c1. The van der Waals surface area contributed by atoms with Gasteiger partial charge >= 0.3 is 0 Å². The summed E-state index contributed by atoms with van der Waals surface area (Å²) >= 11 is 11.9. The van der Waals surface area contributed by atoms with Crippen LogP contribution in [0.2, 0.25) is 10.0 Å². The van der Waals surface area contributed by atoms with Gasteiger partial charge in [0.25, 0.3) is 0 Å². The molecule has 0 amide bonds. The highest BCUT2D eigenvalue weighted by atomic mass is 35.5. The lowest BCUT2D eigenvalue weighted by Crippen LogP contribution is -2.11. The van der Waals surface area contributed by atoms with Crippen LogP contribution in [-0.2, 0) is 6.54 Å². The van der Waals surface area contributed by atoms with Gasteiger partial charge in [-0.2, -0.15) is 0 Å². The first-order chi connectivity index (χ1) is 8.70. The second-order valence-corrected chi connectivity index (χ2v) is 4.81. The van der Waals surface area contributed by atoms with Crippen molar-refractivity contribution in [2.75, 3.05) is 6.54 Å². The molecule has 2 rings (SSSR count). The van der Waals surface area contributed by atoms with Crippen LogP contribution in [0.1, 0.15) is 12.5 Å². The van der Waals surface area contributed by atoms with E-state index in [4.69, 9.17) is 23.2 Å². The van der Waals surface area contributed by atoms with Gasteiger partial charge in [0, 0.05) is 24.5 Å². The van der Waals surface area contributed by atoms with Crippen molar-refractivity contribution in [2.24, 2.45) is 0 Å². The number of nitrogens with one attached hydrogen (secondary N) is 1. The molecule has 1 heterocycles. The molecule has 1 aromatic carbocycles. The van der Waals surface area contributed by atoms with Gasteiger partial charge in [-0.1, -0.05) is 36.2 Å². The largest absolute Gasteiger partial charge is 0.313 e. The lowest BCUT2D eigenvalue weighted by molar-refractivity contribution is 0.724. The highest BCUT2D eigenvalue weighted by Gasteiger charge is 2.03. The normalized spacial score (nSPS) is 10.6. The molecule has 0 radical (unpaired) electrons. The summed E-state index contributed by atoms with van der Waals surface area (Å²) in [4.78, 5) is 4.25. The van der Waals surface area contributed by atoms with Gasteiger partial charge < -0.3 is 5.32 Å². The summed E-state index contributed by atoms with van der Waals surface area (Å²) in [6, 6.07) is 7.71. The average Bonchev–Trinajstić information content (AvgIpc) is 2.40. The predicted octanol–water partition coefficient (Wildman–Crippen LogP) is 4.16. The molecule has 2 aromatic rings. The van der Waals surface area contributed by atoms with Gasteiger partial charge in [-0.15, -0.1) is 0 Å². The minimum absolute atomic E-state index is 0.561. The van der Waals surface area contributed by atoms with Crippen LogP contribution in [0.5, 0.6) is 0 Å². The second-order valence-electron chi connectivity index (χ2n) is 3.99. The van der Waals surface area contributed by atoms with Gasteiger partial charge in [0.05, 0.1) is 10.0 Å². The molecule has 0 aliphatic rings. The molecule has 0 atom stereocenters. The minimum atomic E-state index is 0.561. The molecule has 0 unspecified atom stereocenters. The van der Waals surface area contributed by atoms with E-state index < -0.39 is 0 Å². The van der Waals surface area contributed by atoms with Crippen molar-refractivity contribution in [3.8, 4) is 11.1 Å². The van der Waals surface area contributed by atoms with E-state index in [0.717, 1.165) is 29.8 Å². The summed E-state index contributed by atoms with van der Waals surface area (Å²) in [5.74, 6) is 0. The summed E-state index contributed by atoms with van der Waals surface area (Å²) in [6.07, 6.45) is 3.69. The third kappa shape index (κ3) is 3.22. The zero-order valence-corrected chi connectivity index (χ0v) is 11.6. The molecule has 0 fully saturated rings. The molecule has 18 heavy (non-hydrogen) atoms. The number of aromatic nitrogens is 1. The Bertz CT molecular complexity index is 541. The summed E-state index contributed by atoms with van der Waals surface area (Å²) in [5, 5.41) is 4.40. The van der Waals surface area contributed by atoms with Crippen molar-refractivity contribution in [3.05, 3.63) is 52.3 Å². The average molecular weight is 281 g/mol. The third-order valence-corrected chi connectivity index (χ3v) is 3.37. The second kappa shape index (κ2) is 6.19. The number of hydrogen-bond acceptors (Lipinski definition) is 2. The number of hydrogen-bond donors (Lipinski definition) is 1. The Morgan fingerprint density at radius 2 is 1.89 bits per heavy atom. The van der Waals surface area contributed by atoms with Crippen LogP contribution in [0.3, 0.4) is 0 Å². The molecular weight excluding hydrogens is 267 g/mol. The molecule has 1 N–H and O–H groups in total. The molecule has 0 aliphatic carbocycles. The van der Waals surface area contributed by atoms with Crippen LogP contribution >= 0.6 is 23.2 Å². The number of nitrogens with zero attached hydrogens (tertiary/aromatic N) is 1. The molecule has 94 valence electrons. The number of benzene rings is 1. The van der Waals surface area contributed by atoms with Crippen molar-refractivity contribution in [3.63, 3.8) is 0 Å². The number of rotatable bonds is 4. The molecule has 0 aliphatic heterocycles. The van der Waals surface area contributed by atoms with Gasteiger partial charge in [0.2, 0.25) is 0 Å². The smallest absolute Gasteiger partial charge is 0.0598 e. The van der Waals surface area contributed by atoms with E-state index in [1.807, 2.05) is 24.5 Å². The zero-order chi connectivity index (χ0) is 13.0. The third-order valence-electron chi connectivity index (χ3n) is 2.63. The van der Waals surface area contributed by atoms with Crippen LogP contribution in [-0.4, -0.2) is 11.5 Å². The number of pyridine rings is 1. The van der Waals surface area contributed by atoms with Gasteiger partial charge in [0.1, 0.15) is 0 Å². The summed E-state index contributed by atoms with van der Waals surface area (Å²) in [6.45, 7) is 3.84. The van der Waals surface area contributed by atoms with E-state index in [1.54, 1.807) is 6.07 Å². The maximum Gasteiger partial charge on any atom is 0.0598 e. The molecule has 0 saturated carbocycles. The van der Waals surface area contributed by atoms with Crippen molar-refractivity contribution >= 4 is 23.2 Å². The summed E-state index contributed by atoms with van der Waals surface area (Å²) < 4.78 is 0. The maximum atomic E-state index is 6.02. The molecule has 0 spiro atoms. The minimum Gasteiger partial charge on any atom is -0.313 e. The molecule has 4 heteroatoms. The van der Waals surface area contributed by atoms with E-state index in [2.05, 4.69) is 23.3 Å². The Hall–Kier alpha value is -1.09. The van der Waals surface area contributed by atoms with E-state index in [9.17, 15) is 0 Å². The number of halogens is 2. The van der Waals surface area contributed by atoms with Gasteiger partial charge in [0.15, 0.2) is 0 Å². The molecular formula is C14H14Cl2N2. The van der Waals surface area contributed by atoms with Crippen molar-refractivity contribution in [1.82, 2.24) is 10.3 Å². The van der Waals surface area contributed by atoms with Crippen LogP contribution in [0.4, 0.5) is 0 Å². The van der Waals surface area contributed by atoms with Crippen molar-refractivity contribution in [1.29, 1.82) is 0 Å². The summed E-state index contributed by atoms with van der Waals surface area (Å²) in [7, 11) is 0. The standard InChI is InChI=1S/C14H14Cl2N2/c1-2-17-7-10-5-12(9-18-8-10)11-3-4-13(15)14(16)6-11/h3-6,8-9,17H,2,7H2,1H3. The first-order valence-electron chi connectivity index (χ1n) is 5.80. The molecule has 2 nitrogen and oxygen atoms in total. The molecule has 1 aromatic heterocycles.